The zero-order chi connectivity index (χ0) is 25.2. The van der Waals surface area contributed by atoms with Crippen LogP contribution in [0.1, 0.15) is 25.0 Å². The molecule has 0 aromatic heterocycles. The number of aliphatic hydroxyl groups excluding tert-OH is 1. The van der Waals surface area contributed by atoms with E-state index in [-0.39, 0.29) is 16.5 Å². The normalized spacial score (nSPS) is 11.1. The molecule has 182 valence electrons. The summed E-state index contributed by atoms with van der Waals surface area (Å²) in [5.74, 6) is 0. The summed E-state index contributed by atoms with van der Waals surface area (Å²) < 4.78 is 27.9. The molecule has 0 aliphatic rings. The average molecular weight is 485 g/mol. The van der Waals surface area contributed by atoms with Gasteiger partial charge in [-0.1, -0.05) is 42.5 Å². The number of nitrogens with one attached hydrogen (secondary N) is 3. The first-order chi connectivity index (χ1) is 16.1. The summed E-state index contributed by atoms with van der Waals surface area (Å²) in [5.41, 5.74) is 8.65. The fourth-order valence-corrected chi connectivity index (χ4v) is 4.16. The number of benzene rings is 3. The Morgan fingerprint density at radius 3 is 1.97 bits per heavy atom. The molecule has 0 fully saturated rings. The van der Waals surface area contributed by atoms with E-state index in [0.717, 1.165) is 18.2 Å². The van der Waals surface area contributed by atoms with Crippen molar-refractivity contribution >= 4 is 27.4 Å². The summed E-state index contributed by atoms with van der Waals surface area (Å²) in [4.78, 5) is 12.2. The Labute approximate surface area is 201 Å². The van der Waals surface area contributed by atoms with Crippen LogP contribution < -0.4 is 21.1 Å². The van der Waals surface area contributed by atoms with E-state index in [1.165, 1.54) is 12.1 Å². The Morgan fingerprint density at radius 2 is 1.41 bits per heavy atom. The van der Waals surface area contributed by atoms with Crippen molar-refractivity contribution in [1.82, 2.24) is 5.32 Å². The summed E-state index contributed by atoms with van der Waals surface area (Å²) >= 11 is 0. The van der Waals surface area contributed by atoms with Gasteiger partial charge in [0.2, 0.25) is 0 Å². The van der Waals surface area contributed by atoms with Gasteiger partial charge in [-0.05, 0) is 67.8 Å². The minimum atomic E-state index is -3.76. The van der Waals surface area contributed by atoms with Crippen molar-refractivity contribution in [3.63, 3.8) is 0 Å². The standard InChI is InChI=1S/C24H28N4O3S.CH4O/c1-24(2,25)16-18-8-10-21(11-9-18)28-32(30,31)22-14-12-20(13-15-22)27-23(29)26-17-19-6-4-3-5-7-19;1-2/h3-15,28H,16-17,25H2,1-2H3,(H2,26,27,29);2H,1H3. The summed E-state index contributed by atoms with van der Waals surface area (Å²) in [6.45, 7) is 4.27. The van der Waals surface area contributed by atoms with E-state index in [1.54, 1.807) is 24.3 Å². The minimum Gasteiger partial charge on any atom is -0.400 e. The van der Waals surface area contributed by atoms with Gasteiger partial charge in [0.15, 0.2) is 0 Å². The number of hydrogen-bond acceptors (Lipinski definition) is 5. The molecule has 0 saturated carbocycles. The highest BCUT2D eigenvalue weighted by molar-refractivity contribution is 7.92. The van der Waals surface area contributed by atoms with Gasteiger partial charge in [-0.25, -0.2) is 13.2 Å². The second-order valence-corrected chi connectivity index (χ2v) is 9.97. The molecule has 3 aromatic rings. The van der Waals surface area contributed by atoms with E-state index < -0.39 is 10.0 Å². The number of nitrogens with two attached hydrogens (primary N) is 1. The maximum atomic E-state index is 12.7. The number of carbonyl (C=O) groups excluding carboxylic acids is 1. The lowest BCUT2D eigenvalue weighted by molar-refractivity contribution is 0.251. The van der Waals surface area contributed by atoms with Crippen LogP contribution in [-0.2, 0) is 23.0 Å². The molecule has 8 nitrogen and oxygen atoms in total. The van der Waals surface area contributed by atoms with Crippen LogP contribution in [0.2, 0.25) is 0 Å². The third-order valence-electron chi connectivity index (χ3n) is 4.58. The Balaban J connectivity index is 0.00000199. The molecule has 0 spiro atoms. The Morgan fingerprint density at radius 1 is 0.853 bits per heavy atom. The maximum Gasteiger partial charge on any atom is 0.319 e. The number of aliphatic hydroxyl groups is 1. The Kier molecular flexibility index (Phi) is 9.61. The summed E-state index contributed by atoms with van der Waals surface area (Å²) in [7, 11) is -2.76. The van der Waals surface area contributed by atoms with Crippen molar-refractivity contribution in [2.24, 2.45) is 5.73 Å². The lowest BCUT2D eigenvalue weighted by atomic mass is 9.96. The van der Waals surface area contributed by atoms with Crippen molar-refractivity contribution in [3.05, 3.63) is 90.0 Å². The van der Waals surface area contributed by atoms with Gasteiger partial charge in [-0.2, -0.15) is 0 Å². The largest absolute Gasteiger partial charge is 0.400 e. The summed E-state index contributed by atoms with van der Waals surface area (Å²) in [6.07, 6.45) is 0.688. The molecule has 0 aliphatic carbocycles. The molecule has 6 N–H and O–H groups in total. The number of hydrogen-bond donors (Lipinski definition) is 5. The van der Waals surface area contributed by atoms with E-state index in [0.29, 0.717) is 24.3 Å². The predicted octanol–water partition coefficient (Wildman–Crippen LogP) is 3.70. The summed E-state index contributed by atoms with van der Waals surface area (Å²) in [5, 5.41) is 12.4. The van der Waals surface area contributed by atoms with Crippen molar-refractivity contribution in [2.45, 2.75) is 37.2 Å². The molecule has 0 unspecified atom stereocenters. The Bertz CT molecular complexity index is 1140. The van der Waals surface area contributed by atoms with Gasteiger partial charge in [-0.15, -0.1) is 0 Å². The lowest BCUT2D eigenvalue weighted by Crippen LogP contribution is -2.34. The molecule has 0 atom stereocenters. The zero-order valence-corrected chi connectivity index (χ0v) is 20.4. The van der Waals surface area contributed by atoms with Crippen molar-refractivity contribution in [3.8, 4) is 0 Å². The number of anilines is 2. The monoisotopic (exact) mass is 484 g/mol. The van der Waals surface area contributed by atoms with Crippen LogP contribution in [0.25, 0.3) is 0 Å². The molecule has 0 radical (unpaired) electrons. The highest BCUT2D eigenvalue weighted by atomic mass is 32.2. The quantitative estimate of drug-likeness (QED) is 0.332. The fraction of sp³-hybridized carbons (Fsp3) is 0.240. The van der Waals surface area contributed by atoms with Crippen molar-refractivity contribution in [1.29, 1.82) is 0 Å². The molecule has 0 heterocycles. The van der Waals surface area contributed by atoms with Crippen LogP contribution >= 0.6 is 0 Å². The van der Waals surface area contributed by atoms with Gasteiger partial charge in [0.1, 0.15) is 0 Å². The van der Waals surface area contributed by atoms with E-state index in [9.17, 15) is 13.2 Å². The first kappa shape index (κ1) is 26.8. The number of amides is 2. The average Bonchev–Trinajstić information content (AvgIpc) is 2.80. The number of carbonyl (C=O) groups is 1. The molecular formula is C25H32N4O4S. The zero-order valence-electron chi connectivity index (χ0n) is 19.6. The number of rotatable bonds is 8. The van der Waals surface area contributed by atoms with Crippen LogP contribution in [0.3, 0.4) is 0 Å². The molecular weight excluding hydrogens is 452 g/mol. The van der Waals surface area contributed by atoms with Crippen molar-refractivity contribution in [2.75, 3.05) is 17.1 Å². The minimum absolute atomic E-state index is 0.0971. The maximum absolute atomic E-state index is 12.7. The second-order valence-electron chi connectivity index (χ2n) is 8.29. The summed E-state index contributed by atoms with van der Waals surface area (Å²) in [6, 6.07) is 22.3. The predicted molar refractivity (Wildman–Crippen MR) is 136 cm³/mol. The molecule has 0 aliphatic heterocycles. The SMILES string of the molecule is CC(C)(N)Cc1ccc(NS(=O)(=O)c2ccc(NC(=O)NCc3ccccc3)cc2)cc1.CO. The Hall–Kier alpha value is -3.40. The number of urea groups is 1. The third kappa shape index (κ3) is 8.86. The van der Waals surface area contributed by atoms with Crippen molar-refractivity contribution < 1.29 is 18.3 Å². The highest BCUT2D eigenvalue weighted by Crippen LogP contribution is 2.20. The first-order valence-electron chi connectivity index (χ1n) is 10.6. The molecule has 9 heteroatoms. The molecule has 0 saturated heterocycles. The second kappa shape index (κ2) is 12.2. The number of sulfonamides is 1. The molecule has 3 rings (SSSR count). The van der Waals surface area contributed by atoms with E-state index in [1.807, 2.05) is 56.3 Å². The van der Waals surface area contributed by atoms with E-state index in [4.69, 9.17) is 10.8 Å². The molecule has 2 amide bonds. The van der Waals surface area contributed by atoms with Crippen LogP contribution in [0.15, 0.2) is 83.8 Å². The van der Waals surface area contributed by atoms with Gasteiger partial charge < -0.3 is 21.5 Å². The van der Waals surface area contributed by atoms with Gasteiger partial charge >= 0.3 is 6.03 Å². The lowest BCUT2D eigenvalue weighted by Gasteiger charge is -2.18. The van der Waals surface area contributed by atoms with Crippen LogP contribution in [-0.4, -0.2) is 32.2 Å². The van der Waals surface area contributed by atoms with Crippen LogP contribution in [0.5, 0.6) is 0 Å². The van der Waals surface area contributed by atoms with E-state index >= 15 is 0 Å². The molecule has 3 aromatic carbocycles. The topological polar surface area (TPSA) is 134 Å². The smallest absolute Gasteiger partial charge is 0.319 e. The van der Waals surface area contributed by atoms with E-state index in [2.05, 4.69) is 15.4 Å². The van der Waals surface area contributed by atoms with Gasteiger partial charge in [0.25, 0.3) is 10.0 Å². The first-order valence-corrected chi connectivity index (χ1v) is 12.1. The molecule has 34 heavy (non-hydrogen) atoms. The van der Waals surface area contributed by atoms with Gasteiger partial charge in [0, 0.05) is 30.6 Å². The fourth-order valence-electron chi connectivity index (χ4n) is 3.10. The van der Waals surface area contributed by atoms with Crippen LogP contribution in [0, 0.1) is 0 Å². The molecule has 0 bridgehead atoms. The van der Waals surface area contributed by atoms with Crippen LogP contribution in [0.4, 0.5) is 16.2 Å². The van der Waals surface area contributed by atoms with Gasteiger partial charge in [-0.3, -0.25) is 4.72 Å². The highest BCUT2D eigenvalue weighted by Gasteiger charge is 2.15. The third-order valence-corrected chi connectivity index (χ3v) is 5.98. The van der Waals surface area contributed by atoms with Gasteiger partial charge in [0.05, 0.1) is 4.90 Å².